The van der Waals surface area contributed by atoms with Gasteiger partial charge in [0.2, 0.25) is 5.88 Å². The molecule has 1 aromatic heterocycles. The van der Waals surface area contributed by atoms with Gasteiger partial charge in [-0.2, -0.15) is 4.98 Å². The summed E-state index contributed by atoms with van der Waals surface area (Å²) in [6, 6.07) is 10.8. The Morgan fingerprint density at radius 3 is 2.24 bits per heavy atom. The molecule has 1 aliphatic rings. The van der Waals surface area contributed by atoms with Crippen LogP contribution in [-0.4, -0.2) is 52.4 Å². The van der Waals surface area contributed by atoms with E-state index in [2.05, 4.69) is 4.98 Å². The number of carbonyl (C=O) groups is 3. The first-order valence-electron chi connectivity index (χ1n) is 10.1. The molecule has 0 saturated carbocycles. The molecule has 0 unspecified atom stereocenters. The van der Waals surface area contributed by atoms with Crippen molar-refractivity contribution in [3.63, 3.8) is 0 Å². The monoisotopic (exact) mass is 460 g/mol. The molecule has 1 aliphatic heterocycles. The molecular weight excluding hydrogens is 436 g/mol. The molecule has 33 heavy (non-hydrogen) atoms. The topological polar surface area (TPSA) is 132 Å². The fraction of sp³-hybridized carbons (Fsp3) is 0.409. The van der Waals surface area contributed by atoms with Gasteiger partial charge in [-0.3, -0.25) is 19.0 Å². The predicted octanol–water partition coefficient (Wildman–Crippen LogP) is 1.15. The highest BCUT2D eigenvalue weighted by molar-refractivity contribution is 5.68. The maximum Gasteiger partial charge on any atom is 0.353 e. The molecule has 0 spiro atoms. The van der Waals surface area contributed by atoms with Crippen LogP contribution in [0.25, 0.3) is 0 Å². The third kappa shape index (κ3) is 6.39. The van der Waals surface area contributed by atoms with Gasteiger partial charge in [0, 0.05) is 33.0 Å². The van der Waals surface area contributed by atoms with Crippen LogP contribution in [0.1, 0.15) is 32.6 Å². The summed E-state index contributed by atoms with van der Waals surface area (Å²) >= 11 is 0. The summed E-state index contributed by atoms with van der Waals surface area (Å²) in [5.41, 5.74) is 0.160. The number of rotatable bonds is 8. The van der Waals surface area contributed by atoms with Gasteiger partial charge in [-0.25, -0.2) is 4.79 Å². The van der Waals surface area contributed by atoms with Crippen LogP contribution in [0.2, 0.25) is 0 Å². The highest BCUT2D eigenvalue weighted by Gasteiger charge is 2.50. The second kappa shape index (κ2) is 10.7. The van der Waals surface area contributed by atoms with Crippen LogP contribution in [0, 0.1) is 0 Å². The molecule has 11 nitrogen and oxygen atoms in total. The Kier molecular flexibility index (Phi) is 7.78. The molecule has 11 heteroatoms. The minimum absolute atomic E-state index is 0.0927. The lowest BCUT2D eigenvalue weighted by atomic mass is 10.1. The van der Waals surface area contributed by atoms with E-state index in [0.29, 0.717) is 0 Å². The van der Waals surface area contributed by atoms with Gasteiger partial charge in [-0.1, -0.05) is 30.3 Å². The van der Waals surface area contributed by atoms with E-state index < -0.39 is 48.1 Å². The van der Waals surface area contributed by atoms with E-state index in [0.717, 1.165) is 10.1 Å². The highest BCUT2D eigenvalue weighted by atomic mass is 16.7. The second-order valence-electron chi connectivity index (χ2n) is 7.25. The van der Waals surface area contributed by atoms with E-state index in [9.17, 15) is 19.2 Å². The van der Waals surface area contributed by atoms with Crippen molar-refractivity contribution in [2.45, 2.75) is 51.9 Å². The van der Waals surface area contributed by atoms with Gasteiger partial charge in [0.05, 0.1) is 0 Å². The maximum absolute atomic E-state index is 12.7. The van der Waals surface area contributed by atoms with Crippen LogP contribution in [0.3, 0.4) is 0 Å². The van der Waals surface area contributed by atoms with Crippen molar-refractivity contribution in [2.24, 2.45) is 0 Å². The third-order valence-electron chi connectivity index (χ3n) is 4.65. The van der Waals surface area contributed by atoms with Crippen LogP contribution in [0.4, 0.5) is 0 Å². The third-order valence-corrected chi connectivity index (χ3v) is 4.65. The molecule has 1 saturated heterocycles. The molecule has 4 atom stereocenters. The molecule has 1 aromatic carbocycles. The van der Waals surface area contributed by atoms with E-state index in [1.165, 1.54) is 33.0 Å². The zero-order valence-electron chi connectivity index (χ0n) is 18.3. The minimum atomic E-state index is -1.18. The summed E-state index contributed by atoms with van der Waals surface area (Å²) in [4.78, 5) is 51.2. The molecule has 1 fully saturated rings. The van der Waals surface area contributed by atoms with E-state index in [1.54, 1.807) is 0 Å². The first-order valence-corrected chi connectivity index (χ1v) is 10.1. The molecule has 176 valence electrons. The maximum atomic E-state index is 12.7. The highest BCUT2D eigenvalue weighted by Crippen LogP contribution is 2.33. The van der Waals surface area contributed by atoms with Crippen molar-refractivity contribution in [1.29, 1.82) is 0 Å². The van der Waals surface area contributed by atoms with Gasteiger partial charge in [0.25, 0.3) is 0 Å². The van der Waals surface area contributed by atoms with Crippen LogP contribution in [-0.2, 0) is 39.9 Å². The Hall–Kier alpha value is -3.73. The fourth-order valence-corrected chi connectivity index (χ4v) is 3.32. The van der Waals surface area contributed by atoms with Crippen molar-refractivity contribution in [1.82, 2.24) is 9.55 Å². The predicted molar refractivity (Wildman–Crippen MR) is 111 cm³/mol. The number of benzene rings is 1. The Balaban J connectivity index is 1.84. The number of aromatic nitrogens is 2. The molecule has 2 aromatic rings. The zero-order chi connectivity index (χ0) is 24.0. The Bertz CT molecular complexity index is 1050. The average molecular weight is 460 g/mol. The Morgan fingerprint density at radius 1 is 0.970 bits per heavy atom. The van der Waals surface area contributed by atoms with Crippen molar-refractivity contribution in [3.05, 3.63) is 58.6 Å². The van der Waals surface area contributed by atoms with Crippen LogP contribution < -0.4 is 10.4 Å². The van der Waals surface area contributed by atoms with Gasteiger partial charge >= 0.3 is 23.6 Å². The smallest absolute Gasteiger partial charge is 0.353 e. The van der Waals surface area contributed by atoms with E-state index in [4.69, 9.17) is 23.7 Å². The first-order chi connectivity index (χ1) is 15.7. The number of carbonyl (C=O) groups excluding carboxylic acids is 3. The first kappa shape index (κ1) is 23.9. The Morgan fingerprint density at radius 2 is 1.64 bits per heavy atom. The molecule has 0 radical (unpaired) electrons. The minimum Gasteiger partial charge on any atom is -0.473 e. The fourth-order valence-electron chi connectivity index (χ4n) is 3.32. The number of esters is 3. The lowest BCUT2D eigenvalue weighted by Crippen LogP contribution is -2.41. The number of hydrogen-bond donors (Lipinski definition) is 0. The van der Waals surface area contributed by atoms with Gasteiger partial charge in [0.15, 0.2) is 18.4 Å². The molecule has 0 N–H and O–H groups in total. The average Bonchev–Trinajstić information content (AvgIpc) is 3.07. The van der Waals surface area contributed by atoms with Crippen LogP contribution in [0.15, 0.2) is 47.4 Å². The van der Waals surface area contributed by atoms with Crippen molar-refractivity contribution < 1.29 is 38.1 Å². The largest absolute Gasteiger partial charge is 0.473 e. The zero-order valence-corrected chi connectivity index (χ0v) is 18.3. The second-order valence-corrected chi connectivity index (χ2v) is 7.25. The van der Waals surface area contributed by atoms with Crippen molar-refractivity contribution in [2.75, 3.05) is 6.61 Å². The molecule has 0 amide bonds. The van der Waals surface area contributed by atoms with E-state index in [1.807, 2.05) is 30.3 Å². The molecule has 2 heterocycles. The molecule has 0 bridgehead atoms. The van der Waals surface area contributed by atoms with Crippen molar-refractivity contribution in [3.8, 4) is 5.88 Å². The number of ether oxygens (including phenoxy) is 5. The lowest BCUT2D eigenvalue weighted by molar-refractivity contribution is -0.166. The lowest BCUT2D eigenvalue weighted by Gasteiger charge is -2.23. The summed E-state index contributed by atoms with van der Waals surface area (Å²) in [5, 5.41) is 0. The van der Waals surface area contributed by atoms with E-state index in [-0.39, 0.29) is 19.1 Å². The molecule has 3 rings (SSSR count). The van der Waals surface area contributed by atoms with Gasteiger partial charge in [0.1, 0.15) is 19.3 Å². The van der Waals surface area contributed by atoms with Gasteiger partial charge < -0.3 is 23.7 Å². The number of hydrogen-bond acceptors (Lipinski definition) is 10. The summed E-state index contributed by atoms with van der Waals surface area (Å²) in [7, 11) is 0. The SMILES string of the molecule is CC(=O)OC[C@H]1O[C@@H](n2ccc(OCc3ccccc3)nc2=O)[C@H](OC(C)=O)[C@@H]1OC(C)=O. The summed E-state index contributed by atoms with van der Waals surface area (Å²) in [5.74, 6) is -1.83. The quantitative estimate of drug-likeness (QED) is 0.417. The normalized spacial score (nSPS) is 21.8. The van der Waals surface area contributed by atoms with Crippen LogP contribution in [0.5, 0.6) is 5.88 Å². The van der Waals surface area contributed by atoms with E-state index >= 15 is 0 Å². The Labute approximate surface area is 189 Å². The summed E-state index contributed by atoms with van der Waals surface area (Å²) in [6.07, 6.45) is -3.08. The molecular formula is C22H24N2O9. The van der Waals surface area contributed by atoms with Crippen molar-refractivity contribution >= 4 is 17.9 Å². The van der Waals surface area contributed by atoms with Gasteiger partial charge in [-0.15, -0.1) is 0 Å². The summed E-state index contributed by atoms with van der Waals surface area (Å²) in [6.45, 7) is 3.49. The summed E-state index contributed by atoms with van der Waals surface area (Å²) < 4.78 is 28.1. The van der Waals surface area contributed by atoms with Crippen LogP contribution >= 0.6 is 0 Å². The number of nitrogens with zero attached hydrogens (tertiary/aromatic N) is 2. The standard InChI is InChI=1S/C22H24N2O9/c1-13(25)29-12-17-19(31-14(2)26)20(32-15(3)27)21(33-17)24-10-9-18(23-22(24)28)30-11-16-7-5-4-6-8-16/h4-10,17,19-21H,11-12H2,1-3H3/t17-,19-,20-,21-/m1/s1. The van der Waals surface area contributed by atoms with Gasteiger partial charge in [-0.05, 0) is 5.56 Å². The molecule has 0 aliphatic carbocycles.